The van der Waals surface area contributed by atoms with E-state index in [1.807, 2.05) is 11.8 Å². The van der Waals surface area contributed by atoms with Crippen LogP contribution in [0.3, 0.4) is 0 Å². The molecule has 2 nitrogen and oxygen atoms in total. The van der Waals surface area contributed by atoms with E-state index in [9.17, 15) is 0 Å². The SMILES string of the molecule is CCSc1cccc(N2CCC(C)(CC)CC2)c1CN. The van der Waals surface area contributed by atoms with E-state index >= 15 is 0 Å². The zero-order chi connectivity index (χ0) is 14.6. The van der Waals surface area contributed by atoms with Gasteiger partial charge < -0.3 is 10.6 Å². The van der Waals surface area contributed by atoms with E-state index < -0.39 is 0 Å². The Morgan fingerprint density at radius 3 is 2.50 bits per heavy atom. The van der Waals surface area contributed by atoms with Crippen LogP contribution < -0.4 is 10.6 Å². The number of piperidine rings is 1. The number of thioether (sulfide) groups is 1. The van der Waals surface area contributed by atoms with Crippen LogP contribution in [0.4, 0.5) is 5.69 Å². The summed E-state index contributed by atoms with van der Waals surface area (Å²) in [4.78, 5) is 3.90. The molecular formula is C17H28N2S. The minimum Gasteiger partial charge on any atom is -0.371 e. The Balaban J connectivity index is 2.19. The molecule has 1 heterocycles. The van der Waals surface area contributed by atoms with Crippen molar-refractivity contribution in [3.05, 3.63) is 23.8 Å². The number of benzene rings is 1. The van der Waals surface area contributed by atoms with Crippen molar-refractivity contribution in [2.75, 3.05) is 23.7 Å². The normalized spacial score (nSPS) is 18.3. The van der Waals surface area contributed by atoms with Crippen molar-refractivity contribution in [3.8, 4) is 0 Å². The first-order chi connectivity index (χ1) is 9.63. The quantitative estimate of drug-likeness (QED) is 0.822. The third-order valence-corrected chi connectivity index (χ3v) is 5.76. The third-order valence-electron chi connectivity index (χ3n) is 4.78. The lowest BCUT2D eigenvalue weighted by molar-refractivity contribution is 0.238. The lowest BCUT2D eigenvalue weighted by atomic mass is 9.78. The second-order valence-electron chi connectivity index (χ2n) is 6.04. The average molecular weight is 292 g/mol. The molecule has 1 aromatic carbocycles. The third kappa shape index (κ3) is 3.32. The Morgan fingerprint density at radius 2 is 1.95 bits per heavy atom. The van der Waals surface area contributed by atoms with Gasteiger partial charge in [-0.05, 0) is 36.1 Å². The number of rotatable bonds is 5. The topological polar surface area (TPSA) is 29.3 Å². The van der Waals surface area contributed by atoms with Crippen LogP contribution in [0.1, 0.15) is 45.6 Å². The summed E-state index contributed by atoms with van der Waals surface area (Å²) in [5.74, 6) is 1.10. The minimum atomic E-state index is 0.537. The van der Waals surface area contributed by atoms with Crippen LogP contribution in [0, 0.1) is 5.41 Å². The van der Waals surface area contributed by atoms with E-state index in [4.69, 9.17) is 5.73 Å². The van der Waals surface area contributed by atoms with E-state index in [1.165, 1.54) is 35.4 Å². The Kier molecular flexibility index (Phi) is 5.39. The molecule has 0 atom stereocenters. The van der Waals surface area contributed by atoms with Crippen molar-refractivity contribution in [1.82, 2.24) is 0 Å². The van der Waals surface area contributed by atoms with E-state index in [0.717, 1.165) is 18.8 Å². The van der Waals surface area contributed by atoms with Gasteiger partial charge in [-0.25, -0.2) is 0 Å². The predicted molar refractivity (Wildman–Crippen MR) is 90.6 cm³/mol. The van der Waals surface area contributed by atoms with Gasteiger partial charge in [-0.3, -0.25) is 0 Å². The van der Waals surface area contributed by atoms with E-state index in [0.29, 0.717) is 12.0 Å². The molecule has 20 heavy (non-hydrogen) atoms. The van der Waals surface area contributed by atoms with Gasteiger partial charge in [0.25, 0.3) is 0 Å². The van der Waals surface area contributed by atoms with Gasteiger partial charge in [0.05, 0.1) is 0 Å². The molecule has 1 saturated heterocycles. The summed E-state index contributed by atoms with van der Waals surface area (Å²) in [6, 6.07) is 6.64. The van der Waals surface area contributed by atoms with Crippen LogP contribution in [0.5, 0.6) is 0 Å². The fourth-order valence-electron chi connectivity index (χ4n) is 2.99. The maximum atomic E-state index is 6.03. The summed E-state index contributed by atoms with van der Waals surface area (Å²) >= 11 is 1.90. The van der Waals surface area contributed by atoms with Crippen molar-refractivity contribution in [2.24, 2.45) is 11.1 Å². The summed E-state index contributed by atoms with van der Waals surface area (Å²) in [6.45, 7) is 9.91. The summed E-state index contributed by atoms with van der Waals surface area (Å²) in [5, 5.41) is 0. The van der Waals surface area contributed by atoms with Crippen molar-refractivity contribution in [1.29, 1.82) is 0 Å². The molecule has 0 bridgehead atoms. The van der Waals surface area contributed by atoms with Crippen molar-refractivity contribution in [3.63, 3.8) is 0 Å². The van der Waals surface area contributed by atoms with E-state index in [-0.39, 0.29) is 0 Å². The highest BCUT2D eigenvalue weighted by atomic mass is 32.2. The number of hydrogen-bond donors (Lipinski definition) is 1. The van der Waals surface area contributed by atoms with Gasteiger partial charge in [0.15, 0.2) is 0 Å². The summed E-state index contributed by atoms with van der Waals surface area (Å²) in [5.41, 5.74) is 9.26. The molecule has 0 aromatic heterocycles. The second-order valence-corrected chi connectivity index (χ2v) is 7.35. The molecule has 0 amide bonds. The molecule has 0 radical (unpaired) electrons. The van der Waals surface area contributed by atoms with Crippen LogP contribution >= 0.6 is 11.8 Å². The average Bonchev–Trinajstić information content (AvgIpc) is 2.48. The van der Waals surface area contributed by atoms with Gasteiger partial charge in [-0.1, -0.05) is 33.3 Å². The molecule has 0 spiro atoms. The summed E-state index contributed by atoms with van der Waals surface area (Å²) in [6.07, 6.45) is 3.87. The van der Waals surface area contributed by atoms with Crippen molar-refractivity contribution >= 4 is 17.4 Å². The summed E-state index contributed by atoms with van der Waals surface area (Å²) in [7, 11) is 0. The monoisotopic (exact) mass is 292 g/mol. The fourth-order valence-corrected chi connectivity index (χ4v) is 3.84. The van der Waals surface area contributed by atoms with Crippen LogP contribution in [-0.4, -0.2) is 18.8 Å². The van der Waals surface area contributed by atoms with E-state index in [1.54, 1.807) is 0 Å². The van der Waals surface area contributed by atoms with Crippen LogP contribution in [0.2, 0.25) is 0 Å². The highest BCUT2D eigenvalue weighted by Crippen LogP contribution is 2.38. The van der Waals surface area contributed by atoms with Crippen molar-refractivity contribution < 1.29 is 0 Å². The molecule has 2 rings (SSSR count). The molecule has 3 heteroatoms. The molecule has 0 aliphatic carbocycles. The molecule has 0 saturated carbocycles. The number of anilines is 1. The minimum absolute atomic E-state index is 0.537. The molecule has 1 aromatic rings. The van der Waals surface area contributed by atoms with Gasteiger partial charge in [-0.15, -0.1) is 11.8 Å². The maximum absolute atomic E-state index is 6.03. The van der Waals surface area contributed by atoms with E-state index in [2.05, 4.69) is 43.9 Å². The molecular weight excluding hydrogens is 264 g/mol. The number of nitrogens with two attached hydrogens (primary N) is 1. The fraction of sp³-hybridized carbons (Fsp3) is 0.647. The number of hydrogen-bond acceptors (Lipinski definition) is 3. The van der Waals surface area contributed by atoms with Crippen LogP contribution in [0.25, 0.3) is 0 Å². The zero-order valence-corrected chi connectivity index (χ0v) is 13.9. The lowest BCUT2D eigenvalue weighted by Crippen LogP contribution is -2.39. The van der Waals surface area contributed by atoms with Gasteiger partial charge in [0.1, 0.15) is 0 Å². The molecule has 0 unspecified atom stereocenters. The summed E-state index contributed by atoms with van der Waals surface area (Å²) < 4.78 is 0. The first-order valence-electron chi connectivity index (χ1n) is 7.83. The standard InChI is InChI=1S/C17H28N2S/c1-4-17(3)9-11-19(12-10-17)15-7-6-8-16(20-5-2)14(15)13-18/h6-8H,4-5,9-13,18H2,1-3H3. The Labute approximate surface area is 128 Å². The first kappa shape index (κ1) is 15.7. The highest BCUT2D eigenvalue weighted by Gasteiger charge is 2.29. The number of nitrogens with zero attached hydrogens (tertiary/aromatic N) is 1. The smallest absolute Gasteiger partial charge is 0.0423 e. The lowest BCUT2D eigenvalue weighted by Gasteiger charge is -2.40. The highest BCUT2D eigenvalue weighted by molar-refractivity contribution is 7.99. The molecule has 2 N–H and O–H groups in total. The predicted octanol–water partition coefficient (Wildman–Crippen LogP) is 4.27. The molecule has 112 valence electrons. The first-order valence-corrected chi connectivity index (χ1v) is 8.82. The van der Waals surface area contributed by atoms with Gasteiger partial charge in [0.2, 0.25) is 0 Å². The molecule has 1 fully saturated rings. The Hall–Kier alpha value is -0.670. The zero-order valence-electron chi connectivity index (χ0n) is 13.1. The second kappa shape index (κ2) is 6.86. The van der Waals surface area contributed by atoms with Gasteiger partial charge in [-0.2, -0.15) is 0 Å². The molecule has 1 aliphatic rings. The van der Waals surface area contributed by atoms with Crippen molar-refractivity contribution in [2.45, 2.75) is 51.5 Å². The largest absolute Gasteiger partial charge is 0.371 e. The van der Waals surface area contributed by atoms with Gasteiger partial charge in [0, 0.05) is 35.8 Å². The Morgan fingerprint density at radius 1 is 1.25 bits per heavy atom. The van der Waals surface area contributed by atoms with Gasteiger partial charge >= 0.3 is 0 Å². The Bertz CT molecular complexity index is 437. The van der Waals surface area contributed by atoms with Crippen LogP contribution in [-0.2, 0) is 6.54 Å². The maximum Gasteiger partial charge on any atom is 0.0423 e. The van der Waals surface area contributed by atoms with Crippen LogP contribution in [0.15, 0.2) is 23.1 Å². The molecule has 1 aliphatic heterocycles.